The van der Waals surface area contributed by atoms with Gasteiger partial charge in [0.2, 0.25) is 11.8 Å². The van der Waals surface area contributed by atoms with Crippen LogP contribution in [0, 0.1) is 6.92 Å². The molecule has 1 aliphatic carbocycles. The Morgan fingerprint density at radius 2 is 1.88 bits per heavy atom. The van der Waals surface area contributed by atoms with Crippen molar-refractivity contribution >= 4 is 23.3 Å². The fourth-order valence-electron chi connectivity index (χ4n) is 5.36. The van der Waals surface area contributed by atoms with Crippen molar-refractivity contribution in [2.45, 2.75) is 38.0 Å². The van der Waals surface area contributed by atoms with Crippen LogP contribution in [0.15, 0.2) is 71.3 Å². The third-order valence-corrected chi connectivity index (χ3v) is 6.68. The van der Waals surface area contributed by atoms with Crippen LogP contribution in [0.1, 0.15) is 42.4 Å². The van der Waals surface area contributed by atoms with Gasteiger partial charge in [0.15, 0.2) is 5.78 Å². The second kappa shape index (κ2) is 7.62. The van der Waals surface area contributed by atoms with Gasteiger partial charge in [0.05, 0.1) is 12.2 Å². The standard InChI is InChI=1S/C26H24N2O5/c1-3-32-24(30)22-23(27)33-20-13-15(16-9-5-4-8-14(16)2)12-19(29)21(20)26(22)17-10-6-7-11-18(17)28-25(26)31/h4-11,15H,3,12-13,27H2,1-2H3,(H,28,31). The van der Waals surface area contributed by atoms with Gasteiger partial charge in [-0.15, -0.1) is 0 Å². The molecule has 0 bridgehead atoms. The number of hydrogen-bond donors (Lipinski definition) is 2. The molecule has 168 valence electrons. The zero-order valence-corrected chi connectivity index (χ0v) is 18.4. The minimum absolute atomic E-state index is 0.0875. The number of Topliss-reactive ketones (excluding diaryl/α,β-unsaturated/α-hetero) is 1. The molecule has 0 aromatic heterocycles. The average molecular weight is 444 g/mol. The van der Waals surface area contributed by atoms with E-state index in [9.17, 15) is 14.4 Å². The van der Waals surface area contributed by atoms with E-state index in [1.807, 2.05) is 31.2 Å². The molecule has 33 heavy (non-hydrogen) atoms. The Kier molecular flexibility index (Phi) is 4.85. The first kappa shape index (κ1) is 21.0. The first-order valence-electron chi connectivity index (χ1n) is 11.0. The summed E-state index contributed by atoms with van der Waals surface area (Å²) in [7, 11) is 0. The summed E-state index contributed by atoms with van der Waals surface area (Å²) in [5, 5.41) is 2.83. The van der Waals surface area contributed by atoms with Crippen molar-refractivity contribution < 1.29 is 23.9 Å². The number of aryl methyl sites for hydroxylation is 1. The number of fused-ring (bicyclic) bond motifs is 3. The van der Waals surface area contributed by atoms with Crippen LogP contribution in [0.4, 0.5) is 5.69 Å². The summed E-state index contributed by atoms with van der Waals surface area (Å²) in [4.78, 5) is 40.5. The van der Waals surface area contributed by atoms with Crippen LogP contribution in [-0.2, 0) is 29.3 Å². The maximum atomic E-state index is 13.7. The number of para-hydroxylation sites is 1. The molecule has 2 aromatic carbocycles. The molecule has 2 aliphatic heterocycles. The van der Waals surface area contributed by atoms with Crippen molar-refractivity contribution in [3.8, 4) is 0 Å². The van der Waals surface area contributed by atoms with Crippen molar-refractivity contribution in [3.05, 3.63) is 88.0 Å². The number of rotatable bonds is 3. The van der Waals surface area contributed by atoms with Gasteiger partial charge in [-0.3, -0.25) is 9.59 Å². The summed E-state index contributed by atoms with van der Waals surface area (Å²) in [6.07, 6.45) is 0.584. The Morgan fingerprint density at radius 3 is 2.64 bits per heavy atom. The fraction of sp³-hybridized carbons (Fsp3) is 0.269. The zero-order valence-electron chi connectivity index (χ0n) is 18.4. The van der Waals surface area contributed by atoms with Gasteiger partial charge in [0.25, 0.3) is 0 Å². The molecule has 2 unspecified atom stereocenters. The van der Waals surface area contributed by atoms with Gasteiger partial charge in [-0.05, 0) is 37.0 Å². The third-order valence-electron chi connectivity index (χ3n) is 6.68. The summed E-state index contributed by atoms with van der Waals surface area (Å²) < 4.78 is 11.2. The van der Waals surface area contributed by atoms with E-state index in [-0.39, 0.29) is 41.8 Å². The summed E-state index contributed by atoms with van der Waals surface area (Å²) in [6, 6.07) is 14.9. The summed E-state index contributed by atoms with van der Waals surface area (Å²) in [6.45, 7) is 3.75. The quantitative estimate of drug-likeness (QED) is 0.703. The van der Waals surface area contributed by atoms with Gasteiger partial charge >= 0.3 is 5.97 Å². The lowest BCUT2D eigenvalue weighted by Crippen LogP contribution is -2.49. The van der Waals surface area contributed by atoms with E-state index in [1.165, 1.54) is 0 Å². The van der Waals surface area contributed by atoms with Gasteiger partial charge < -0.3 is 20.5 Å². The number of allylic oxidation sites excluding steroid dienone is 1. The number of nitrogens with two attached hydrogens (primary N) is 1. The Bertz CT molecular complexity index is 1270. The second-order valence-corrected chi connectivity index (χ2v) is 8.49. The highest BCUT2D eigenvalue weighted by atomic mass is 16.5. The molecule has 3 N–H and O–H groups in total. The highest BCUT2D eigenvalue weighted by Crippen LogP contribution is 2.55. The van der Waals surface area contributed by atoms with Crippen molar-refractivity contribution in [3.63, 3.8) is 0 Å². The number of esters is 1. The van der Waals surface area contributed by atoms with Gasteiger partial charge in [-0.1, -0.05) is 42.5 Å². The molecule has 2 heterocycles. The van der Waals surface area contributed by atoms with E-state index in [0.717, 1.165) is 11.1 Å². The van der Waals surface area contributed by atoms with E-state index < -0.39 is 17.3 Å². The minimum Gasteiger partial charge on any atom is -0.462 e. The Labute approximate surface area is 191 Å². The van der Waals surface area contributed by atoms with Crippen LogP contribution in [0.3, 0.4) is 0 Å². The highest BCUT2D eigenvalue weighted by molar-refractivity contribution is 6.22. The van der Waals surface area contributed by atoms with Gasteiger partial charge in [-0.25, -0.2) is 4.79 Å². The Hall–Kier alpha value is -3.87. The number of ketones is 1. The smallest absolute Gasteiger partial charge is 0.341 e. The Balaban J connectivity index is 1.73. The molecular weight excluding hydrogens is 420 g/mol. The number of carbonyl (C=O) groups excluding carboxylic acids is 3. The maximum Gasteiger partial charge on any atom is 0.341 e. The van der Waals surface area contributed by atoms with Crippen LogP contribution >= 0.6 is 0 Å². The SMILES string of the molecule is CCOC(=O)C1=C(N)OC2=C(C(=O)CC(c3ccccc3C)C2)C12C(=O)Nc1ccccc12. The monoisotopic (exact) mass is 444 g/mol. The zero-order chi connectivity index (χ0) is 23.3. The average Bonchev–Trinajstić information content (AvgIpc) is 3.06. The van der Waals surface area contributed by atoms with E-state index in [2.05, 4.69) is 5.32 Å². The molecule has 3 aliphatic rings. The molecule has 2 aromatic rings. The van der Waals surface area contributed by atoms with E-state index in [4.69, 9.17) is 15.2 Å². The number of hydrogen-bond acceptors (Lipinski definition) is 6. The van der Waals surface area contributed by atoms with E-state index in [1.54, 1.807) is 31.2 Å². The topological polar surface area (TPSA) is 108 Å². The van der Waals surface area contributed by atoms with Gasteiger partial charge in [-0.2, -0.15) is 0 Å². The number of benzene rings is 2. The summed E-state index contributed by atoms with van der Waals surface area (Å²) in [5.74, 6) is -1.53. The highest BCUT2D eigenvalue weighted by Gasteiger charge is 2.62. The van der Waals surface area contributed by atoms with Crippen molar-refractivity contribution in [2.24, 2.45) is 5.73 Å². The van der Waals surface area contributed by atoms with Crippen LogP contribution in [0.2, 0.25) is 0 Å². The lowest BCUT2D eigenvalue weighted by Gasteiger charge is -2.40. The predicted octanol–water partition coefficient (Wildman–Crippen LogP) is 3.35. The van der Waals surface area contributed by atoms with E-state index >= 15 is 0 Å². The molecule has 2 atom stereocenters. The molecule has 0 fully saturated rings. The molecular formula is C26H24N2O5. The first-order chi connectivity index (χ1) is 15.9. The van der Waals surface area contributed by atoms with Crippen molar-refractivity contribution in [2.75, 3.05) is 11.9 Å². The van der Waals surface area contributed by atoms with Crippen LogP contribution < -0.4 is 11.1 Å². The first-order valence-corrected chi connectivity index (χ1v) is 11.0. The van der Waals surface area contributed by atoms with Crippen molar-refractivity contribution in [1.29, 1.82) is 0 Å². The van der Waals surface area contributed by atoms with Crippen molar-refractivity contribution in [1.82, 2.24) is 0 Å². The molecule has 0 saturated heterocycles. The minimum atomic E-state index is -1.70. The molecule has 7 heteroatoms. The van der Waals surface area contributed by atoms with Crippen LogP contribution in [0.25, 0.3) is 0 Å². The Morgan fingerprint density at radius 1 is 1.15 bits per heavy atom. The molecule has 7 nitrogen and oxygen atoms in total. The van der Waals surface area contributed by atoms with Gasteiger partial charge in [0, 0.05) is 24.1 Å². The number of amides is 1. The molecule has 0 saturated carbocycles. The largest absolute Gasteiger partial charge is 0.462 e. The van der Waals surface area contributed by atoms with Crippen LogP contribution in [0.5, 0.6) is 0 Å². The molecule has 1 spiro atoms. The lowest BCUT2D eigenvalue weighted by molar-refractivity contribution is -0.141. The second-order valence-electron chi connectivity index (χ2n) is 8.49. The fourth-order valence-corrected chi connectivity index (χ4v) is 5.36. The number of ether oxygens (including phenoxy) is 2. The number of carbonyl (C=O) groups is 3. The summed E-state index contributed by atoms with van der Waals surface area (Å²) in [5.41, 5.74) is 7.76. The summed E-state index contributed by atoms with van der Waals surface area (Å²) >= 11 is 0. The maximum absolute atomic E-state index is 13.7. The number of anilines is 1. The molecule has 5 rings (SSSR count). The van der Waals surface area contributed by atoms with Crippen LogP contribution in [-0.4, -0.2) is 24.3 Å². The van der Waals surface area contributed by atoms with E-state index in [0.29, 0.717) is 23.4 Å². The molecule has 0 radical (unpaired) electrons. The molecule has 1 amide bonds. The lowest BCUT2D eigenvalue weighted by atomic mass is 9.63. The normalized spacial score (nSPS) is 23.8. The third kappa shape index (κ3) is 2.92. The predicted molar refractivity (Wildman–Crippen MR) is 121 cm³/mol. The van der Waals surface area contributed by atoms with Gasteiger partial charge in [0.1, 0.15) is 16.7 Å². The number of nitrogens with one attached hydrogen (secondary N) is 1.